The van der Waals surface area contributed by atoms with E-state index in [9.17, 15) is 13.2 Å². The Morgan fingerprint density at radius 2 is 1.91 bits per heavy atom. The molecule has 126 valence electrons. The number of carbonyl (C=O) groups excluding carboxylic acids is 1. The van der Waals surface area contributed by atoms with Gasteiger partial charge in [-0.2, -0.15) is 0 Å². The van der Waals surface area contributed by atoms with Crippen molar-refractivity contribution in [3.8, 4) is 0 Å². The quantitative estimate of drug-likeness (QED) is 0.796. The largest absolute Gasteiger partial charge is 0.350 e. The van der Waals surface area contributed by atoms with Gasteiger partial charge in [0.15, 0.2) is 0 Å². The van der Waals surface area contributed by atoms with Crippen LogP contribution in [0.25, 0.3) is 6.08 Å². The lowest BCUT2D eigenvalue weighted by molar-refractivity contribution is -0.117. The van der Waals surface area contributed by atoms with Gasteiger partial charge in [0, 0.05) is 38.0 Å². The van der Waals surface area contributed by atoms with E-state index in [2.05, 4.69) is 10.2 Å². The van der Waals surface area contributed by atoms with Gasteiger partial charge in [0.2, 0.25) is 5.91 Å². The molecule has 6 heteroatoms. The lowest BCUT2D eigenvalue weighted by Crippen LogP contribution is -2.45. The van der Waals surface area contributed by atoms with Crippen LogP contribution >= 0.6 is 0 Å². The fourth-order valence-corrected chi connectivity index (χ4v) is 3.17. The Morgan fingerprint density at radius 1 is 1.26 bits per heavy atom. The Kier molecular flexibility index (Phi) is 6.36. The van der Waals surface area contributed by atoms with E-state index in [1.807, 2.05) is 30.3 Å². The number of carbonyl (C=O) groups is 1. The van der Waals surface area contributed by atoms with Gasteiger partial charge in [0.05, 0.1) is 5.75 Å². The van der Waals surface area contributed by atoms with E-state index in [4.69, 9.17) is 0 Å². The zero-order valence-electron chi connectivity index (χ0n) is 13.4. The maximum atomic E-state index is 11.9. The summed E-state index contributed by atoms with van der Waals surface area (Å²) in [5.74, 6) is 0.118. The van der Waals surface area contributed by atoms with Gasteiger partial charge in [-0.15, -0.1) is 0 Å². The van der Waals surface area contributed by atoms with Crippen molar-refractivity contribution in [2.45, 2.75) is 18.9 Å². The molecule has 1 aliphatic rings. The third kappa shape index (κ3) is 6.97. The lowest BCUT2D eigenvalue weighted by Gasteiger charge is -2.31. The highest BCUT2D eigenvalue weighted by Gasteiger charge is 2.20. The van der Waals surface area contributed by atoms with Crippen LogP contribution in [-0.2, 0) is 14.6 Å². The van der Waals surface area contributed by atoms with Crippen LogP contribution in [0.4, 0.5) is 0 Å². The van der Waals surface area contributed by atoms with Crippen LogP contribution in [0.15, 0.2) is 36.4 Å². The van der Waals surface area contributed by atoms with Gasteiger partial charge in [-0.3, -0.25) is 4.79 Å². The van der Waals surface area contributed by atoms with Crippen molar-refractivity contribution in [2.24, 2.45) is 0 Å². The number of sulfone groups is 1. The predicted octanol–water partition coefficient (Wildman–Crippen LogP) is 1.32. The summed E-state index contributed by atoms with van der Waals surface area (Å²) in [4.78, 5) is 14.1. The van der Waals surface area contributed by atoms with Gasteiger partial charge in [-0.1, -0.05) is 30.3 Å². The molecule has 0 atom stereocenters. The van der Waals surface area contributed by atoms with Crippen LogP contribution in [0, 0.1) is 0 Å². The highest BCUT2D eigenvalue weighted by Crippen LogP contribution is 2.10. The number of nitrogens with zero attached hydrogens (tertiary/aromatic N) is 1. The van der Waals surface area contributed by atoms with E-state index in [1.54, 1.807) is 12.2 Å². The zero-order valence-corrected chi connectivity index (χ0v) is 14.3. The molecule has 1 amide bonds. The van der Waals surface area contributed by atoms with Crippen LogP contribution in [0.2, 0.25) is 0 Å². The minimum atomic E-state index is -2.91. The molecule has 1 aromatic rings. The molecule has 0 radical (unpaired) electrons. The Balaban J connectivity index is 1.71. The monoisotopic (exact) mass is 336 g/mol. The first kappa shape index (κ1) is 17.7. The van der Waals surface area contributed by atoms with Crippen molar-refractivity contribution in [1.29, 1.82) is 0 Å². The molecular weight excluding hydrogens is 312 g/mol. The van der Waals surface area contributed by atoms with Crippen LogP contribution in [-0.4, -0.2) is 56.9 Å². The van der Waals surface area contributed by atoms with E-state index >= 15 is 0 Å². The molecule has 5 nitrogen and oxygen atoms in total. The minimum Gasteiger partial charge on any atom is -0.350 e. The number of amides is 1. The number of nitrogens with one attached hydrogen (secondary N) is 1. The number of hydrogen-bond acceptors (Lipinski definition) is 4. The molecular formula is C17H24N2O3S. The van der Waals surface area contributed by atoms with E-state index in [1.165, 1.54) is 6.26 Å². The first-order valence-electron chi connectivity index (χ1n) is 7.86. The second kappa shape index (κ2) is 8.26. The fraction of sp³-hybridized carbons (Fsp3) is 0.471. The number of benzene rings is 1. The van der Waals surface area contributed by atoms with Crippen molar-refractivity contribution < 1.29 is 13.2 Å². The van der Waals surface area contributed by atoms with Gasteiger partial charge in [-0.05, 0) is 24.5 Å². The Hall–Kier alpha value is -1.66. The standard InChI is InChI=1S/C17H24N2O3S/c1-23(21,22)14-13-19-11-9-16(10-12-19)18-17(20)8-7-15-5-3-2-4-6-15/h2-8,16H,9-14H2,1H3,(H,18,20). The smallest absolute Gasteiger partial charge is 0.244 e. The summed E-state index contributed by atoms with van der Waals surface area (Å²) in [7, 11) is -2.91. The van der Waals surface area contributed by atoms with Crippen LogP contribution in [0.1, 0.15) is 18.4 Å². The summed E-state index contributed by atoms with van der Waals surface area (Å²) in [5, 5.41) is 3.01. The molecule has 0 spiro atoms. The first-order chi connectivity index (χ1) is 10.9. The molecule has 1 saturated heterocycles. The molecule has 0 saturated carbocycles. The fourth-order valence-electron chi connectivity index (χ4n) is 2.58. The van der Waals surface area contributed by atoms with Crippen LogP contribution in [0.5, 0.6) is 0 Å². The molecule has 1 N–H and O–H groups in total. The Morgan fingerprint density at radius 3 is 2.52 bits per heavy atom. The van der Waals surface area contributed by atoms with Crippen molar-refractivity contribution in [3.05, 3.63) is 42.0 Å². The number of rotatable bonds is 6. The second-order valence-corrected chi connectivity index (χ2v) is 8.26. The molecule has 0 aliphatic carbocycles. The first-order valence-corrected chi connectivity index (χ1v) is 9.92. The highest BCUT2D eigenvalue weighted by molar-refractivity contribution is 7.90. The van der Waals surface area contributed by atoms with Crippen LogP contribution < -0.4 is 5.32 Å². The SMILES string of the molecule is CS(=O)(=O)CCN1CCC(NC(=O)C=Cc2ccccc2)CC1. The maximum Gasteiger partial charge on any atom is 0.244 e. The zero-order chi connectivity index (χ0) is 16.7. The number of piperidine rings is 1. The average molecular weight is 336 g/mol. The number of hydrogen-bond donors (Lipinski definition) is 1. The maximum absolute atomic E-state index is 11.9. The van der Waals surface area contributed by atoms with Crippen molar-refractivity contribution in [1.82, 2.24) is 10.2 Å². The topological polar surface area (TPSA) is 66.5 Å². The van der Waals surface area contributed by atoms with Crippen molar-refractivity contribution in [2.75, 3.05) is 31.6 Å². The molecule has 0 aromatic heterocycles. The van der Waals surface area contributed by atoms with Crippen molar-refractivity contribution in [3.63, 3.8) is 0 Å². The van der Waals surface area contributed by atoms with E-state index in [0.29, 0.717) is 6.54 Å². The van der Waals surface area contributed by atoms with Crippen LogP contribution in [0.3, 0.4) is 0 Å². The van der Waals surface area contributed by atoms with Gasteiger partial charge in [0.1, 0.15) is 9.84 Å². The molecule has 1 aromatic carbocycles. The summed E-state index contributed by atoms with van der Waals surface area (Å²) >= 11 is 0. The van der Waals surface area contributed by atoms with Crippen molar-refractivity contribution >= 4 is 21.8 Å². The normalized spacial score (nSPS) is 17.4. The molecule has 23 heavy (non-hydrogen) atoms. The minimum absolute atomic E-state index is 0.0801. The van der Waals surface area contributed by atoms with Gasteiger partial charge < -0.3 is 10.2 Å². The van der Waals surface area contributed by atoms with E-state index in [-0.39, 0.29) is 17.7 Å². The third-order valence-electron chi connectivity index (χ3n) is 3.94. The lowest BCUT2D eigenvalue weighted by atomic mass is 10.1. The summed E-state index contributed by atoms with van der Waals surface area (Å²) in [5.41, 5.74) is 0.998. The average Bonchev–Trinajstić information content (AvgIpc) is 2.53. The van der Waals surface area contributed by atoms with Gasteiger partial charge in [0.25, 0.3) is 0 Å². The van der Waals surface area contributed by atoms with E-state index in [0.717, 1.165) is 31.5 Å². The Labute approximate surface area is 138 Å². The molecule has 0 bridgehead atoms. The summed E-state index contributed by atoms with van der Waals surface area (Å²) in [6.07, 6.45) is 6.34. The summed E-state index contributed by atoms with van der Waals surface area (Å²) < 4.78 is 22.4. The predicted molar refractivity (Wildman–Crippen MR) is 92.8 cm³/mol. The third-order valence-corrected chi connectivity index (χ3v) is 4.86. The molecule has 1 heterocycles. The Bertz CT molecular complexity index is 633. The highest BCUT2D eigenvalue weighted by atomic mass is 32.2. The molecule has 0 unspecified atom stereocenters. The van der Waals surface area contributed by atoms with E-state index < -0.39 is 9.84 Å². The van der Waals surface area contributed by atoms with Gasteiger partial charge in [-0.25, -0.2) is 8.42 Å². The molecule has 1 aliphatic heterocycles. The number of likely N-dealkylation sites (tertiary alicyclic amines) is 1. The second-order valence-electron chi connectivity index (χ2n) is 6.00. The molecule has 1 fully saturated rings. The summed E-state index contributed by atoms with van der Waals surface area (Å²) in [6, 6.07) is 9.87. The summed E-state index contributed by atoms with van der Waals surface area (Å²) in [6.45, 7) is 2.22. The molecule has 2 rings (SSSR count). The van der Waals surface area contributed by atoms with Gasteiger partial charge >= 0.3 is 0 Å².